The zero-order valence-electron chi connectivity index (χ0n) is 16.3. The van der Waals surface area contributed by atoms with Crippen LogP contribution in [0.25, 0.3) is 0 Å². The Kier molecular flexibility index (Phi) is 4.58. The van der Waals surface area contributed by atoms with Gasteiger partial charge >= 0.3 is 0 Å². The summed E-state index contributed by atoms with van der Waals surface area (Å²) in [6, 6.07) is 6.31. The molecule has 6 nitrogen and oxygen atoms in total. The molecule has 0 atom stereocenters. The van der Waals surface area contributed by atoms with Crippen LogP contribution in [0, 0.1) is 30.1 Å². The summed E-state index contributed by atoms with van der Waals surface area (Å²) in [6.45, 7) is 4.91. The molecule has 28 heavy (non-hydrogen) atoms. The molecule has 2 saturated carbocycles. The van der Waals surface area contributed by atoms with Gasteiger partial charge in [-0.15, -0.1) is 5.10 Å². The van der Waals surface area contributed by atoms with Gasteiger partial charge in [-0.3, -0.25) is 0 Å². The van der Waals surface area contributed by atoms with Gasteiger partial charge in [0.2, 0.25) is 0 Å². The number of ether oxygens (including phenoxy) is 2. The Morgan fingerprint density at radius 1 is 1.25 bits per heavy atom. The highest BCUT2D eigenvalue weighted by Gasteiger charge is 2.46. The maximum Gasteiger partial charge on any atom is 0.177 e. The molecule has 5 rings (SSSR count). The minimum atomic E-state index is -0.224. The molecule has 1 aromatic heterocycles. The number of nitrogens with zero attached hydrogens (tertiary/aromatic N) is 3. The molecule has 1 spiro atoms. The van der Waals surface area contributed by atoms with Crippen LogP contribution in [0.3, 0.4) is 0 Å². The van der Waals surface area contributed by atoms with Gasteiger partial charge in [-0.1, -0.05) is 23.1 Å². The Hall–Kier alpha value is -2.36. The van der Waals surface area contributed by atoms with Crippen LogP contribution < -0.4 is 5.32 Å². The van der Waals surface area contributed by atoms with E-state index in [1.54, 1.807) is 4.68 Å². The Labute approximate surface area is 165 Å². The van der Waals surface area contributed by atoms with E-state index in [1.165, 1.54) is 31.2 Å². The maximum absolute atomic E-state index is 5.83. The molecule has 1 saturated heterocycles. The molecule has 0 amide bonds. The van der Waals surface area contributed by atoms with Crippen LogP contribution in [0.2, 0.25) is 0 Å². The molecule has 0 radical (unpaired) electrons. The summed E-state index contributed by atoms with van der Waals surface area (Å²) in [5, 5.41) is 11.9. The number of anilines is 1. The van der Waals surface area contributed by atoms with Crippen LogP contribution in [-0.2, 0) is 22.6 Å². The lowest BCUT2D eigenvalue weighted by Crippen LogP contribution is -2.36. The van der Waals surface area contributed by atoms with Crippen molar-refractivity contribution in [2.45, 2.75) is 52.0 Å². The molecule has 1 aliphatic heterocycles. The van der Waals surface area contributed by atoms with E-state index in [2.05, 4.69) is 52.6 Å². The lowest BCUT2D eigenvalue weighted by molar-refractivity contribution is -0.213. The van der Waals surface area contributed by atoms with Gasteiger partial charge in [-0.25, -0.2) is 4.68 Å². The number of benzene rings is 1. The molecule has 2 aliphatic carbocycles. The summed E-state index contributed by atoms with van der Waals surface area (Å²) >= 11 is 0. The number of aryl methyl sites for hydroxylation is 1. The van der Waals surface area contributed by atoms with Crippen LogP contribution in [0.15, 0.2) is 24.4 Å². The van der Waals surface area contributed by atoms with E-state index < -0.39 is 0 Å². The fourth-order valence-corrected chi connectivity index (χ4v) is 3.35. The molecular formula is C22H26N4O2. The van der Waals surface area contributed by atoms with E-state index in [1.807, 2.05) is 6.20 Å². The largest absolute Gasteiger partial charge is 0.379 e. The highest BCUT2D eigenvalue weighted by Crippen LogP contribution is 2.48. The van der Waals surface area contributed by atoms with Crippen LogP contribution >= 0.6 is 0 Å². The third kappa shape index (κ3) is 4.21. The second-order valence-electron chi connectivity index (χ2n) is 8.41. The zero-order chi connectivity index (χ0) is 19.0. The molecule has 3 fully saturated rings. The lowest BCUT2D eigenvalue weighted by Gasteiger charge is -2.29. The average Bonchev–Trinajstić information content (AvgIpc) is 3.63. The van der Waals surface area contributed by atoms with Gasteiger partial charge in [0.15, 0.2) is 6.29 Å². The smallest absolute Gasteiger partial charge is 0.177 e. The Balaban J connectivity index is 1.16. The molecule has 1 N–H and O–H groups in total. The van der Waals surface area contributed by atoms with Crippen molar-refractivity contribution in [3.05, 3.63) is 41.2 Å². The molecule has 0 bridgehead atoms. The van der Waals surface area contributed by atoms with Crippen LogP contribution in [0.1, 0.15) is 42.5 Å². The van der Waals surface area contributed by atoms with E-state index >= 15 is 0 Å². The predicted molar refractivity (Wildman–Crippen MR) is 105 cm³/mol. The number of nitrogens with one attached hydrogen (secondary N) is 1. The summed E-state index contributed by atoms with van der Waals surface area (Å²) < 4.78 is 13.5. The Bertz CT molecular complexity index is 908. The topological polar surface area (TPSA) is 61.2 Å². The third-order valence-electron chi connectivity index (χ3n) is 5.73. The van der Waals surface area contributed by atoms with E-state index in [4.69, 9.17) is 9.47 Å². The quantitative estimate of drug-likeness (QED) is 0.810. The number of hydrogen-bond donors (Lipinski definition) is 1. The van der Waals surface area contributed by atoms with E-state index in [9.17, 15) is 0 Å². The summed E-state index contributed by atoms with van der Waals surface area (Å²) in [7, 11) is 0. The van der Waals surface area contributed by atoms with Gasteiger partial charge < -0.3 is 14.8 Å². The number of rotatable bonds is 5. The normalized spacial score (nSPS) is 20.6. The number of hydrogen-bond acceptors (Lipinski definition) is 5. The van der Waals surface area contributed by atoms with Crippen molar-refractivity contribution in [3.63, 3.8) is 0 Å². The Morgan fingerprint density at radius 3 is 2.82 bits per heavy atom. The molecule has 146 valence electrons. The first kappa shape index (κ1) is 17.7. The summed E-state index contributed by atoms with van der Waals surface area (Å²) in [4.78, 5) is 0. The van der Waals surface area contributed by atoms with Crippen molar-refractivity contribution >= 4 is 5.69 Å². The predicted octanol–water partition coefficient (Wildman–Crippen LogP) is 3.11. The molecule has 0 unspecified atom stereocenters. The average molecular weight is 378 g/mol. The first-order valence-electron chi connectivity index (χ1n) is 10.2. The summed E-state index contributed by atoms with van der Waals surface area (Å²) in [5.41, 5.74) is 4.56. The van der Waals surface area contributed by atoms with E-state index in [0.717, 1.165) is 30.2 Å². The van der Waals surface area contributed by atoms with Crippen molar-refractivity contribution in [3.8, 4) is 11.8 Å². The molecule has 2 aromatic rings. The molecule has 3 aliphatic rings. The van der Waals surface area contributed by atoms with Crippen molar-refractivity contribution in [1.82, 2.24) is 15.0 Å². The van der Waals surface area contributed by atoms with Crippen LogP contribution in [-0.4, -0.2) is 34.5 Å². The molecule has 2 heterocycles. The van der Waals surface area contributed by atoms with Gasteiger partial charge in [0.25, 0.3) is 0 Å². The van der Waals surface area contributed by atoms with Gasteiger partial charge in [-0.05, 0) is 50.3 Å². The van der Waals surface area contributed by atoms with E-state index in [-0.39, 0.29) is 6.29 Å². The van der Waals surface area contributed by atoms with Crippen molar-refractivity contribution in [2.75, 3.05) is 18.5 Å². The number of aromatic nitrogens is 3. The van der Waals surface area contributed by atoms with Gasteiger partial charge in [0.1, 0.15) is 5.69 Å². The van der Waals surface area contributed by atoms with Crippen molar-refractivity contribution in [2.24, 2.45) is 11.3 Å². The summed E-state index contributed by atoms with van der Waals surface area (Å²) in [5.74, 6) is 7.21. The van der Waals surface area contributed by atoms with Crippen molar-refractivity contribution in [1.29, 1.82) is 0 Å². The van der Waals surface area contributed by atoms with Crippen LogP contribution in [0.5, 0.6) is 0 Å². The standard InChI is InChI=1S/C22H26N4O2/c1-16-2-3-18(7-6-17-4-5-17)10-20(16)23-11-19-12-26(25-24-19)13-21-27-14-22(8-9-22)15-28-21/h2-3,10,12,17,21,23H,4-5,8-9,11,13-15H2,1H3. The maximum atomic E-state index is 5.83. The first-order valence-corrected chi connectivity index (χ1v) is 10.2. The summed E-state index contributed by atoms with van der Waals surface area (Å²) in [6.07, 6.45) is 6.68. The minimum Gasteiger partial charge on any atom is -0.379 e. The fraction of sp³-hybridized carbons (Fsp3) is 0.545. The zero-order valence-corrected chi connectivity index (χ0v) is 16.3. The SMILES string of the molecule is Cc1ccc(C#CC2CC2)cc1NCc1cn(CC2OCC3(CC3)CO2)nn1. The molecular weight excluding hydrogens is 352 g/mol. The molecule has 6 heteroatoms. The fourth-order valence-electron chi connectivity index (χ4n) is 3.35. The van der Waals surface area contributed by atoms with Gasteiger partial charge in [0, 0.05) is 22.6 Å². The molecule has 1 aromatic carbocycles. The highest BCUT2D eigenvalue weighted by molar-refractivity contribution is 5.56. The highest BCUT2D eigenvalue weighted by atomic mass is 16.7. The van der Waals surface area contributed by atoms with Crippen LogP contribution in [0.4, 0.5) is 5.69 Å². The second kappa shape index (κ2) is 7.23. The Morgan fingerprint density at radius 2 is 2.07 bits per heavy atom. The second-order valence-corrected chi connectivity index (χ2v) is 8.41. The van der Waals surface area contributed by atoms with Gasteiger partial charge in [0.05, 0.1) is 32.5 Å². The monoisotopic (exact) mass is 378 g/mol. The lowest BCUT2D eigenvalue weighted by atomic mass is 10.1. The first-order chi connectivity index (χ1) is 13.7. The van der Waals surface area contributed by atoms with Crippen molar-refractivity contribution < 1.29 is 9.47 Å². The minimum absolute atomic E-state index is 0.224. The van der Waals surface area contributed by atoms with E-state index in [0.29, 0.717) is 24.4 Å². The third-order valence-corrected chi connectivity index (χ3v) is 5.73. The van der Waals surface area contributed by atoms with Gasteiger partial charge in [-0.2, -0.15) is 0 Å².